The molecule has 0 aliphatic carbocycles. The Morgan fingerprint density at radius 2 is 2.14 bits per heavy atom. The number of alkyl halides is 1. The summed E-state index contributed by atoms with van der Waals surface area (Å²) < 4.78 is 5.42. The molecule has 0 atom stereocenters. The molecule has 3 heteroatoms. The van der Waals surface area contributed by atoms with E-state index in [4.69, 9.17) is 16.0 Å². The third kappa shape index (κ3) is 1.76. The number of benzene rings is 1. The van der Waals surface area contributed by atoms with Gasteiger partial charge in [0.05, 0.1) is 12.3 Å². The van der Waals surface area contributed by atoms with Gasteiger partial charge in [0.25, 0.3) is 0 Å². The first-order valence-electron chi connectivity index (χ1n) is 4.51. The molecule has 0 unspecified atom stereocenters. The van der Waals surface area contributed by atoms with Gasteiger partial charge < -0.3 is 4.42 Å². The van der Waals surface area contributed by atoms with E-state index < -0.39 is 0 Å². The average Bonchev–Trinajstić information content (AvgIpc) is 2.62. The molecule has 0 saturated carbocycles. The van der Waals surface area contributed by atoms with E-state index in [1.165, 1.54) is 10.9 Å². The van der Waals surface area contributed by atoms with Gasteiger partial charge in [-0.1, -0.05) is 18.2 Å². The molecule has 0 radical (unpaired) electrons. The van der Waals surface area contributed by atoms with Crippen LogP contribution in [0.15, 0.2) is 34.9 Å². The fourth-order valence-electron chi connectivity index (χ4n) is 1.49. The van der Waals surface area contributed by atoms with Crippen molar-refractivity contribution in [2.24, 2.45) is 0 Å². The molecule has 1 aromatic carbocycles. The van der Waals surface area contributed by atoms with Crippen molar-refractivity contribution >= 4 is 22.6 Å². The van der Waals surface area contributed by atoms with Crippen LogP contribution in [0, 0.1) is 0 Å². The van der Waals surface area contributed by atoms with Crippen molar-refractivity contribution in [2.75, 3.05) is 13.1 Å². The SMILES string of the molecule is CN(CCl)Cc1coc2ccccc12. The topological polar surface area (TPSA) is 16.4 Å². The maximum absolute atomic E-state index is 5.72. The van der Waals surface area contributed by atoms with Crippen molar-refractivity contribution in [1.29, 1.82) is 0 Å². The lowest BCUT2D eigenvalue weighted by Crippen LogP contribution is -2.14. The molecule has 0 bridgehead atoms. The highest BCUT2D eigenvalue weighted by molar-refractivity contribution is 6.17. The van der Waals surface area contributed by atoms with Crippen LogP contribution >= 0.6 is 11.6 Å². The third-order valence-electron chi connectivity index (χ3n) is 2.21. The Balaban J connectivity index is 2.33. The molecule has 2 rings (SSSR count). The Kier molecular flexibility index (Phi) is 2.75. The van der Waals surface area contributed by atoms with Crippen LogP contribution in [-0.2, 0) is 6.54 Å². The Hall–Kier alpha value is -0.990. The van der Waals surface area contributed by atoms with Crippen LogP contribution in [0.2, 0.25) is 0 Å². The first-order chi connectivity index (χ1) is 6.81. The molecule has 0 saturated heterocycles. The maximum atomic E-state index is 5.72. The number of hydrogen-bond acceptors (Lipinski definition) is 2. The second-order valence-electron chi connectivity index (χ2n) is 3.39. The van der Waals surface area contributed by atoms with Gasteiger partial charge in [0.2, 0.25) is 0 Å². The smallest absolute Gasteiger partial charge is 0.134 e. The third-order valence-corrected chi connectivity index (χ3v) is 2.61. The number of nitrogens with zero attached hydrogens (tertiary/aromatic N) is 1. The Morgan fingerprint density at radius 1 is 1.36 bits per heavy atom. The van der Waals surface area contributed by atoms with Crippen molar-refractivity contribution in [3.05, 3.63) is 36.1 Å². The van der Waals surface area contributed by atoms with Gasteiger partial charge in [-0.05, 0) is 13.1 Å². The lowest BCUT2D eigenvalue weighted by Gasteiger charge is -2.10. The zero-order valence-electron chi connectivity index (χ0n) is 8.03. The summed E-state index contributed by atoms with van der Waals surface area (Å²) in [7, 11) is 1.98. The quantitative estimate of drug-likeness (QED) is 0.571. The molecule has 1 aromatic heterocycles. The monoisotopic (exact) mass is 209 g/mol. The van der Waals surface area contributed by atoms with E-state index >= 15 is 0 Å². The molecule has 0 amide bonds. The van der Waals surface area contributed by atoms with E-state index in [0.29, 0.717) is 6.00 Å². The maximum Gasteiger partial charge on any atom is 0.134 e. The number of furan rings is 1. The molecule has 2 aromatic rings. The molecule has 1 heterocycles. The number of halogens is 1. The van der Waals surface area contributed by atoms with Crippen molar-refractivity contribution in [3.8, 4) is 0 Å². The molecule has 0 N–H and O–H groups in total. The predicted octanol–water partition coefficient (Wildman–Crippen LogP) is 3.06. The second-order valence-corrected chi connectivity index (χ2v) is 3.63. The van der Waals surface area contributed by atoms with Gasteiger partial charge in [-0.15, -0.1) is 11.6 Å². The van der Waals surface area contributed by atoms with Crippen molar-refractivity contribution in [1.82, 2.24) is 4.90 Å². The first-order valence-corrected chi connectivity index (χ1v) is 5.04. The van der Waals surface area contributed by atoms with Crippen molar-refractivity contribution in [3.63, 3.8) is 0 Å². The van der Waals surface area contributed by atoms with E-state index in [0.717, 1.165) is 12.1 Å². The fourth-order valence-corrected chi connectivity index (χ4v) is 1.57. The van der Waals surface area contributed by atoms with Crippen LogP contribution in [0.5, 0.6) is 0 Å². The minimum Gasteiger partial charge on any atom is -0.464 e. The van der Waals surface area contributed by atoms with E-state index in [2.05, 4.69) is 6.07 Å². The van der Waals surface area contributed by atoms with Gasteiger partial charge in [-0.3, -0.25) is 4.90 Å². The van der Waals surface area contributed by atoms with Gasteiger partial charge in [-0.25, -0.2) is 0 Å². The number of fused-ring (bicyclic) bond motifs is 1. The molecule has 2 nitrogen and oxygen atoms in total. The minimum absolute atomic E-state index is 0.527. The first kappa shape index (κ1) is 9.56. The summed E-state index contributed by atoms with van der Waals surface area (Å²) in [4.78, 5) is 2.03. The van der Waals surface area contributed by atoms with Crippen LogP contribution in [-0.4, -0.2) is 18.0 Å². The summed E-state index contributed by atoms with van der Waals surface area (Å²) >= 11 is 5.72. The molecular weight excluding hydrogens is 198 g/mol. The molecule has 0 fully saturated rings. The zero-order valence-corrected chi connectivity index (χ0v) is 8.79. The Morgan fingerprint density at radius 3 is 2.93 bits per heavy atom. The van der Waals surface area contributed by atoms with E-state index in [9.17, 15) is 0 Å². The minimum atomic E-state index is 0.527. The molecule has 0 aliphatic heterocycles. The van der Waals surface area contributed by atoms with E-state index in [1.807, 2.05) is 30.1 Å². The predicted molar refractivity (Wildman–Crippen MR) is 58.4 cm³/mol. The van der Waals surface area contributed by atoms with Crippen molar-refractivity contribution in [2.45, 2.75) is 6.54 Å². The van der Waals surface area contributed by atoms with E-state index in [1.54, 1.807) is 6.26 Å². The highest BCUT2D eigenvalue weighted by atomic mass is 35.5. The van der Waals surface area contributed by atoms with Gasteiger partial charge in [0, 0.05) is 17.5 Å². The Labute approximate surface area is 88.1 Å². The van der Waals surface area contributed by atoms with E-state index in [-0.39, 0.29) is 0 Å². The second kappa shape index (κ2) is 4.03. The molecule has 0 spiro atoms. The fraction of sp³-hybridized carbons (Fsp3) is 0.273. The highest BCUT2D eigenvalue weighted by Crippen LogP contribution is 2.21. The standard InChI is InChI=1S/C11H12ClNO/c1-13(8-12)6-9-7-14-11-5-3-2-4-10(9)11/h2-5,7H,6,8H2,1H3. The largest absolute Gasteiger partial charge is 0.464 e. The van der Waals surface area contributed by atoms with Crippen LogP contribution in [0.3, 0.4) is 0 Å². The highest BCUT2D eigenvalue weighted by Gasteiger charge is 2.06. The van der Waals surface area contributed by atoms with Crippen LogP contribution in [0.25, 0.3) is 11.0 Å². The molecular formula is C11H12ClNO. The number of para-hydroxylation sites is 1. The number of hydrogen-bond donors (Lipinski definition) is 0. The van der Waals surface area contributed by atoms with Gasteiger partial charge in [0.15, 0.2) is 0 Å². The summed E-state index contributed by atoms with van der Waals surface area (Å²) in [6, 6.07) is 8.55. The summed E-state index contributed by atoms with van der Waals surface area (Å²) in [5.74, 6) is 0. The van der Waals surface area contributed by atoms with Crippen molar-refractivity contribution < 1.29 is 4.42 Å². The van der Waals surface area contributed by atoms with Gasteiger partial charge in [-0.2, -0.15) is 0 Å². The lowest BCUT2D eigenvalue weighted by molar-refractivity contribution is 0.381. The zero-order chi connectivity index (χ0) is 9.97. The molecule has 14 heavy (non-hydrogen) atoms. The molecule has 0 aliphatic rings. The normalized spacial score (nSPS) is 11.4. The summed E-state index contributed by atoms with van der Waals surface area (Å²) in [6.45, 7) is 0.820. The summed E-state index contributed by atoms with van der Waals surface area (Å²) in [5, 5.41) is 1.17. The lowest BCUT2D eigenvalue weighted by atomic mass is 10.2. The van der Waals surface area contributed by atoms with Crippen LogP contribution in [0.4, 0.5) is 0 Å². The van der Waals surface area contributed by atoms with Crippen LogP contribution in [0.1, 0.15) is 5.56 Å². The number of rotatable bonds is 3. The average molecular weight is 210 g/mol. The molecule has 74 valence electrons. The van der Waals surface area contributed by atoms with Gasteiger partial charge >= 0.3 is 0 Å². The summed E-state index contributed by atoms with van der Waals surface area (Å²) in [5.41, 5.74) is 2.12. The Bertz CT molecular complexity index is 424. The van der Waals surface area contributed by atoms with Gasteiger partial charge in [0.1, 0.15) is 5.58 Å². The van der Waals surface area contributed by atoms with Crippen LogP contribution < -0.4 is 0 Å². The summed E-state index contributed by atoms with van der Waals surface area (Å²) in [6.07, 6.45) is 1.80.